The van der Waals surface area contributed by atoms with Crippen molar-refractivity contribution in [3.8, 4) is 11.5 Å². The summed E-state index contributed by atoms with van der Waals surface area (Å²) in [5.41, 5.74) is 2.74. The highest BCUT2D eigenvalue weighted by molar-refractivity contribution is 7.99. The molecule has 6 rings (SSSR count). The number of para-hydroxylation sites is 3. The summed E-state index contributed by atoms with van der Waals surface area (Å²) in [6.07, 6.45) is -0.327. The van der Waals surface area contributed by atoms with Crippen LogP contribution in [0.2, 0.25) is 0 Å². The van der Waals surface area contributed by atoms with Crippen LogP contribution in [-0.4, -0.2) is 36.0 Å². The topological polar surface area (TPSA) is 79.4 Å². The van der Waals surface area contributed by atoms with Crippen LogP contribution in [-0.2, 0) is 7.05 Å². The lowest BCUT2D eigenvalue weighted by Crippen LogP contribution is -2.24. The van der Waals surface area contributed by atoms with Gasteiger partial charge in [-0.1, -0.05) is 30.3 Å². The van der Waals surface area contributed by atoms with E-state index in [4.69, 9.17) is 14.5 Å². The summed E-state index contributed by atoms with van der Waals surface area (Å²) in [6, 6.07) is 17.7. The number of rotatable bonds is 3. The van der Waals surface area contributed by atoms with Crippen molar-refractivity contribution in [1.82, 2.24) is 29.4 Å². The average molecular weight is 430 g/mol. The summed E-state index contributed by atoms with van der Waals surface area (Å²) in [4.78, 5) is 4.84. The molecule has 1 aliphatic heterocycles. The molecule has 0 bridgehead atoms. The second kappa shape index (κ2) is 6.98. The van der Waals surface area contributed by atoms with Gasteiger partial charge in [0.05, 0.1) is 11.2 Å². The van der Waals surface area contributed by atoms with Crippen molar-refractivity contribution in [1.29, 1.82) is 0 Å². The Balaban J connectivity index is 1.37. The van der Waals surface area contributed by atoms with Crippen molar-refractivity contribution in [2.45, 2.75) is 23.2 Å². The molecule has 0 radical (unpaired) electrons. The second-order valence-corrected chi connectivity index (χ2v) is 8.31. The molecule has 0 N–H and O–H groups in total. The second-order valence-electron chi connectivity index (χ2n) is 7.36. The molecular weight excluding hydrogens is 412 g/mol. The molecule has 0 aliphatic carbocycles. The molecule has 8 nitrogen and oxygen atoms in total. The monoisotopic (exact) mass is 430 g/mol. The van der Waals surface area contributed by atoms with E-state index in [9.17, 15) is 0 Å². The molecule has 9 heteroatoms. The molecular formula is C22H18N6O2S. The Kier molecular flexibility index (Phi) is 4.10. The number of aromatic nitrogens is 6. The van der Waals surface area contributed by atoms with Gasteiger partial charge in [0, 0.05) is 18.5 Å². The highest BCUT2D eigenvalue weighted by atomic mass is 32.2. The number of benzene rings is 2. The molecule has 0 spiro atoms. The molecule has 1 aliphatic rings. The molecule has 2 aromatic carbocycles. The lowest BCUT2D eigenvalue weighted by atomic mass is 10.2. The maximum absolute atomic E-state index is 6.11. The van der Waals surface area contributed by atoms with Gasteiger partial charge in [0.1, 0.15) is 11.6 Å². The van der Waals surface area contributed by atoms with E-state index in [1.165, 1.54) is 11.8 Å². The van der Waals surface area contributed by atoms with Crippen LogP contribution >= 0.6 is 11.8 Å². The van der Waals surface area contributed by atoms with Crippen LogP contribution in [0.15, 0.2) is 64.8 Å². The normalized spacial score (nSPS) is 15.6. The van der Waals surface area contributed by atoms with E-state index in [1.54, 1.807) is 0 Å². The predicted molar refractivity (Wildman–Crippen MR) is 116 cm³/mol. The molecule has 3 aromatic heterocycles. The summed E-state index contributed by atoms with van der Waals surface area (Å²) in [7, 11) is 1.94. The van der Waals surface area contributed by atoms with Gasteiger partial charge in [-0.25, -0.2) is 9.50 Å². The third-order valence-corrected chi connectivity index (χ3v) is 6.29. The van der Waals surface area contributed by atoms with E-state index < -0.39 is 0 Å². The largest absolute Gasteiger partial charge is 0.485 e. The Labute approximate surface area is 181 Å². The SMILES string of the molecule is Cc1cc2nc(Sc3nnc([C@H]4COc5ccccc5O4)n3C)c3ccccc3n2n1. The van der Waals surface area contributed by atoms with Gasteiger partial charge in [-0.2, -0.15) is 5.10 Å². The minimum atomic E-state index is -0.327. The van der Waals surface area contributed by atoms with Crippen molar-refractivity contribution in [3.63, 3.8) is 0 Å². The van der Waals surface area contributed by atoms with Crippen LogP contribution in [0.5, 0.6) is 11.5 Å². The van der Waals surface area contributed by atoms with Gasteiger partial charge in [-0.3, -0.25) is 0 Å². The van der Waals surface area contributed by atoms with E-state index in [0.717, 1.165) is 38.2 Å². The number of fused-ring (bicyclic) bond motifs is 4. The van der Waals surface area contributed by atoms with Crippen molar-refractivity contribution in [2.24, 2.45) is 7.05 Å². The number of nitrogens with zero attached hydrogens (tertiary/aromatic N) is 6. The third kappa shape index (κ3) is 3.00. The zero-order valence-corrected chi connectivity index (χ0v) is 17.7. The minimum Gasteiger partial charge on any atom is -0.485 e. The van der Waals surface area contributed by atoms with Crippen LogP contribution in [0.4, 0.5) is 0 Å². The highest BCUT2D eigenvalue weighted by Gasteiger charge is 2.28. The fraction of sp³-hybridized carbons (Fsp3) is 0.182. The van der Waals surface area contributed by atoms with Gasteiger partial charge < -0.3 is 14.0 Å². The van der Waals surface area contributed by atoms with Gasteiger partial charge in [0.15, 0.2) is 34.2 Å². The van der Waals surface area contributed by atoms with E-state index in [1.807, 2.05) is 77.7 Å². The smallest absolute Gasteiger partial charge is 0.197 e. The molecule has 0 amide bonds. The Hall–Kier alpha value is -3.59. The van der Waals surface area contributed by atoms with Gasteiger partial charge in [0.25, 0.3) is 0 Å². The first-order valence-electron chi connectivity index (χ1n) is 9.88. The Morgan fingerprint density at radius 3 is 2.74 bits per heavy atom. The van der Waals surface area contributed by atoms with Crippen LogP contribution in [0.25, 0.3) is 16.6 Å². The van der Waals surface area contributed by atoms with Crippen molar-refractivity contribution in [2.75, 3.05) is 6.61 Å². The lowest BCUT2D eigenvalue weighted by Gasteiger charge is -2.25. The molecule has 154 valence electrons. The van der Waals surface area contributed by atoms with E-state index in [2.05, 4.69) is 15.3 Å². The van der Waals surface area contributed by atoms with Crippen LogP contribution in [0.1, 0.15) is 17.6 Å². The first-order chi connectivity index (χ1) is 15.2. The highest BCUT2D eigenvalue weighted by Crippen LogP contribution is 2.37. The molecule has 1 atom stereocenters. The first kappa shape index (κ1) is 18.2. The lowest BCUT2D eigenvalue weighted by molar-refractivity contribution is 0.0825. The Morgan fingerprint density at radius 1 is 1.03 bits per heavy atom. The van der Waals surface area contributed by atoms with Gasteiger partial charge in [-0.15, -0.1) is 10.2 Å². The van der Waals surface area contributed by atoms with E-state index in [0.29, 0.717) is 18.2 Å². The van der Waals surface area contributed by atoms with Crippen molar-refractivity contribution < 1.29 is 9.47 Å². The molecule has 31 heavy (non-hydrogen) atoms. The number of aryl methyl sites for hydroxylation is 1. The van der Waals surface area contributed by atoms with Crippen LogP contribution < -0.4 is 9.47 Å². The van der Waals surface area contributed by atoms with Crippen LogP contribution in [0, 0.1) is 6.92 Å². The summed E-state index contributed by atoms with van der Waals surface area (Å²) in [5.74, 6) is 2.17. The van der Waals surface area contributed by atoms with E-state index in [-0.39, 0.29) is 6.10 Å². The first-order valence-corrected chi connectivity index (χ1v) is 10.7. The van der Waals surface area contributed by atoms with Crippen molar-refractivity contribution in [3.05, 3.63) is 66.1 Å². The minimum absolute atomic E-state index is 0.327. The molecule has 0 fully saturated rings. The summed E-state index contributed by atoms with van der Waals surface area (Å²) >= 11 is 1.48. The number of hydrogen-bond donors (Lipinski definition) is 0. The average Bonchev–Trinajstić information content (AvgIpc) is 3.35. The van der Waals surface area contributed by atoms with E-state index >= 15 is 0 Å². The van der Waals surface area contributed by atoms with Gasteiger partial charge in [0.2, 0.25) is 0 Å². The summed E-state index contributed by atoms with van der Waals surface area (Å²) in [5, 5.41) is 16.0. The quantitative estimate of drug-likeness (QED) is 0.401. The third-order valence-electron chi connectivity index (χ3n) is 5.24. The fourth-order valence-corrected chi connectivity index (χ4v) is 4.66. The summed E-state index contributed by atoms with van der Waals surface area (Å²) in [6.45, 7) is 2.35. The molecule has 5 aromatic rings. The maximum Gasteiger partial charge on any atom is 0.197 e. The van der Waals surface area contributed by atoms with Gasteiger partial charge in [-0.05, 0) is 36.9 Å². The number of hydrogen-bond acceptors (Lipinski definition) is 7. The molecule has 4 heterocycles. The maximum atomic E-state index is 6.11. The van der Waals surface area contributed by atoms with Gasteiger partial charge >= 0.3 is 0 Å². The fourth-order valence-electron chi connectivity index (χ4n) is 3.75. The molecule has 0 unspecified atom stereocenters. The standard InChI is InChI=1S/C22H18N6O2S/c1-13-11-19-23-21(14-7-3-4-8-15(14)28(19)26-13)31-22-25-24-20(27(22)2)18-12-29-16-9-5-6-10-17(16)30-18/h3-11,18H,12H2,1-2H3/t18-/m1/s1. The summed E-state index contributed by atoms with van der Waals surface area (Å²) < 4.78 is 15.8. The number of ether oxygens (including phenoxy) is 2. The molecule has 0 saturated heterocycles. The van der Waals surface area contributed by atoms with Crippen LogP contribution in [0.3, 0.4) is 0 Å². The predicted octanol–water partition coefficient (Wildman–Crippen LogP) is 3.98. The Morgan fingerprint density at radius 2 is 1.84 bits per heavy atom. The zero-order valence-electron chi connectivity index (χ0n) is 16.9. The zero-order chi connectivity index (χ0) is 20.9. The Bertz CT molecular complexity index is 1440. The molecule has 0 saturated carbocycles. The van der Waals surface area contributed by atoms with Crippen molar-refractivity contribution >= 4 is 28.3 Å².